The van der Waals surface area contributed by atoms with Crippen LogP contribution in [-0.2, 0) is 32.7 Å². The van der Waals surface area contributed by atoms with Crippen molar-refractivity contribution >= 4 is 19.8 Å². The molecule has 0 spiro atoms. The molecule has 10 nitrogen and oxygen atoms in total. The molecule has 11 heteroatoms. The average molecular weight is 908 g/mol. The number of nitrogens with two attached hydrogens (primary N) is 1. The Kier molecular flexibility index (Phi) is 45.9. The van der Waals surface area contributed by atoms with E-state index in [4.69, 9.17) is 29.4 Å². The highest BCUT2D eigenvalue weighted by atomic mass is 31.2. The summed E-state index contributed by atoms with van der Waals surface area (Å²) in [4.78, 5) is 33.7. The van der Waals surface area contributed by atoms with Gasteiger partial charge in [-0.1, -0.05) is 216 Å². The number of unbranched alkanes of at least 4 members (excludes halogenated alkanes) is 24. The van der Waals surface area contributed by atoms with E-state index in [-0.39, 0.29) is 13.0 Å². The second kappa shape index (κ2) is 47.6. The summed E-state index contributed by atoms with van der Waals surface area (Å²) in [5.74, 6) is -1.79. The van der Waals surface area contributed by atoms with Gasteiger partial charge in [0.15, 0.2) is 0 Å². The smallest absolute Gasteiger partial charge is 0.472 e. The summed E-state index contributed by atoms with van der Waals surface area (Å²) in [5.41, 5.74) is 5.37. The van der Waals surface area contributed by atoms with Gasteiger partial charge in [-0.25, -0.2) is 4.57 Å². The summed E-state index contributed by atoms with van der Waals surface area (Å²) in [6, 6.07) is -1.48. The van der Waals surface area contributed by atoms with Crippen molar-refractivity contribution in [3.8, 4) is 0 Å². The number of carboxylic acids is 1. The normalized spacial score (nSPS) is 14.2. The van der Waals surface area contributed by atoms with Gasteiger partial charge in [-0.15, -0.1) is 0 Å². The zero-order valence-corrected chi connectivity index (χ0v) is 41.1. The van der Waals surface area contributed by atoms with E-state index in [2.05, 4.69) is 74.6 Å². The summed E-state index contributed by atoms with van der Waals surface area (Å²) in [6.45, 7) is 3.77. The van der Waals surface area contributed by atoms with E-state index in [0.29, 0.717) is 13.0 Å². The molecule has 4 N–H and O–H groups in total. The lowest BCUT2D eigenvalue weighted by Gasteiger charge is -2.20. The van der Waals surface area contributed by atoms with Crippen LogP contribution in [0.2, 0.25) is 0 Å². The number of carbonyl (C=O) groups excluding carboxylic acids is 1. The highest BCUT2D eigenvalue weighted by Crippen LogP contribution is 2.43. The first-order valence-corrected chi connectivity index (χ1v) is 26.8. The van der Waals surface area contributed by atoms with Crippen LogP contribution in [0.1, 0.15) is 219 Å². The van der Waals surface area contributed by atoms with E-state index < -0.39 is 45.1 Å². The molecular formula is C52H94NO9P. The van der Waals surface area contributed by atoms with Crippen LogP contribution in [0.3, 0.4) is 0 Å². The van der Waals surface area contributed by atoms with Gasteiger partial charge in [0.25, 0.3) is 0 Å². The Morgan fingerprint density at radius 3 is 1.38 bits per heavy atom. The summed E-state index contributed by atoms with van der Waals surface area (Å²) >= 11 is 0. The van der Waals surface area contributed by atoms with Gasteiger partial charge in [0.1, 0.15) is 12.1 Å². The predicted molar refractivity (Wildman–Crippen MR) is 263 cm³/mol. The Morgan fingerprint density at radius 2 is 0.921 bits per heavy atom. The Morgan fingerprint density at radius 1 is 0.524 bits per heavy atom. The number of ether oxygens (including phenoxy) is 2. The minimum atomic E-state index is -4.63. The van der Waals surface area contributed by atoms with Gasteiger partial charge in [0, 0.05) is 13.0 Å². The van der Waals surface area contributed by atoms with Crippen LogP contribution in [0.4, 0.5) is 0 Å². The number of phosphoric ester groups is 1. The van der Waals surface area contributed by atoms with Gasteiger partial charge < -0.3 is 25.2 Å². The van der Waals surface area contributed by atoms with Crippen molar-refractivity contribution in [2.24, 2.45) is 5.73 Å². The van der Waals surface area contributed by atoms with Gasteiger partial charge in [-0.3, -0.25) is 18.6 Å². The molecule has 0 amide bonds. The Balaban J connectivity index is 4.19. The first kappa shape index (κ1) is 60.7. The van der Waals surface area contributed by atoms with E-state index in [9.17, 15) is 19.0 Å². The summed E-state index contributed by atoms with van der Waals surface area (Å²) in [6.07, 6.45) is 58.5. The van der Waals surface area contributed by atoms with Crippen LogP contribution in [-0.4, -0.2) is 60.5 Å². The largest absolute Gasteiger partial charge is 0.480 e. The van der Waals surface area contributed by atoms with Gasteiger partial charge in [-0.05, 0) is 57.8 Å². The van der Waals surface area contributed by atoms with Crippen molar-refractivity contribution in [3.05, 3.63) is 60.8 Å². The highest BCUT2D eigenvalue weighted by Gasteiger charge is 2.27. The molecule has 0 saturated carbocycles. The monoisotopic (exact) mass is 908 g/mol. The van der Waals surface area contributed by atoms with Crippen molar-refractivity contribution in [2.45, 2.75) is 231 Å². The maximum atomic E-state index is 12.7. The number of carbonyl (C=O) groups is 2. The number of hydrogen-bond donors (Lipinski definition) is 3. The van der Waals surface area contributed by atoms with E-state index >= 15 is 0 Å². The fourth-order valence-corrected chi connectivity index (χ4v) is 7.70. The van der Waals surface area contributed by atoms with Crippen molar-refractivity contribution in [1.29, 1.82) is 0 Å². The van der Waals surface area contributed by atoms with Crippen LogP contribution < -0.4 is 5.73 Å². The third kappa shape index (κ3) is 47.5. The first-order valence-electron chi connectivity index (χ1n) is 25.3. The third-order valence-electron chi connectivity index (χ3n) is 10.8. The van der Waals surface area contributed by atoms with Crippen molar-refractivity contribution in [3.63, 3.8) is 0 Å². The average Bonchev–Trinajstić information content (AvgIpc) is 3.26. The number of aliphatic carboxylic acids is 1. The Bertz CT molecular complexity index is 1230. The summed E-state index contributed by atoms with van der Waals surface area (Å²) in [5, 5.41) is 8.93. The summed E-state index contributed by atoms with van der Waals surface area (Å²) in [7, 11) is -4.63. The molecule has 3 unspecified atom stereocenters. The molecule has 63 heavy (non-hydrogen) atoms. The minimum Gasteiger partial charge on any atom is -0.480 e. The molecule has 0 aromatic heterocycles. The zero-order chi connectivity index (χ0) is 46.2. The van der Waals surface area contributed by atoms with Crippen molar-refractivity contribution in [1.82, 2.24) is 0 Å². The Labute approximate surface area is 385 Å². The maximum absolute atomic E-state index is 12.7. The zero-order valence-electron chi connectivity index (χ0n) is 40.2. The number of esters is 1. The molecule has 0 heterocycles. The molecule has 3 atom stereocenters. The lowest BCUT2D eigenvalue weighted by molar-refractivity contribution is -0.154. The molecule has 0 aliphatic carbocycles. The van der Waals surface area contributed by atoms with E-state index in [1.165, 1.54) is 109 Å². The topological polar surface area (TPSA) is 155 Å². The van der Waals surface area contributed by atoms with Crippen LogP contribution in [0.15, 0.2) is 60.8 Å². The third-order valence-corrected chi connectivity index (χ3v) is 11.8. The van der Waals surface area contributed by atoms with Crippen molar-refractivity contribution in [2.75, 3.05) is 26.4 Å². The van der Waals surface area contributed by atoms with Gasteiger partial charge in [-0.2, -0.15) is 0 Å². The standard InChI is InChI=1S/C52H94NO9P/c1-3-5-7-9-11-13-15-17-19-21-23-25-26-28-30-32-34-36-38-40-42-44-51(54)62-49(47-60-63(57,58)61-48-50(53)52(55)56)46-59-45-43-41-39-37-35-33-31-29-27-24-22-20-18-16-14-12-10-8-6-4-2/h5,7,11,13,17,19,23,25,28,30,49-50H,3-4,6,8-10,12,14-16,18,20-22,24,26-27,29,31-48,53H2,1-2H3,(H,55,56)(H,57,58)/b7-5-,13-11-,19-17-,25-23-,30-28-. The number of phosphoric acid groups is 1. The van der Waals surface area contributed by atoms with Crippen LogP contribution in [0.5, 0.6) is 0 Å². The highest BCUT2D eigenvalue weighted by molar-refractivity contribution is 7.47. The fourth-order valence-electron chi connectivity index (χ4n) is 6.93. The molecule has 0 rings (SSSR count). The fraction of sp³-hybridized carbons (Fsp3) is 0.769. The van der Waals surface area contributed by atoms with Gasteiger partial charge >= 0.3 is 19.8 Å². The van der Waals surface area contributed by atoms with Crippen LogP contribution in [0.25, 0.3) is 0 Å². The lowest BCUT2D eigenvalue weighted by atomic mass is 10.0. The number of hydrogen-bond acceptors (Lipinski definition) is 8. The van der Waals surface area contributed by atoms with E-state index in [1.807, 2.05) is 0 Å². The van der Waals surface area contributed by atoms with E-state index in [1.54, 1.807) is 0 Å². The first-order chi connectivity index (χ1) is 30.7. The molecule has 0 fully saturated rings. The van der Waals surface area contributed by atoms with Gasteiger partial charge in [0.2, 0.25) is 0 Å². The molecule has 0 radical (unpaired) electrons. The molecule has 366 valence electrons. The van der Waals surface area contributed by atoms with Crippen LogP contribution >= 0.6 is 7.82 Å². The molecule has 0 bridgehead atoms. The van der Waals surface area contributed by atoms with Gasteiger partial charge in [0.05, 0.1) is 19.8 Å². The molecule has 0 saturated heterocycles. The van der Waals surface area contributed by atoms with Crippen molar-refractivity contribution < 1.29 is 42.7 Å². The minimum absolute atomic E-state index is 0.00923. The van der Waals surface area contributed by atoms with Crippen LogP contribution in [0, 0.1) is 0 Å². The predicted octanol–water partition coefficient (Wildman–Crippen LogP) is 14.8. The molecule has 0 aliphatic rings. The maximum Gasteiger partial charge on any atom is 0.472 e. The molecular weight excluding hydrogens is 814 g/mol. The lowest BCUT2D eigenvalue weighted by Crippen LogP contribution is -2.34. The number of rotatable bonds is 48. The second-order valence-corrected chi connectivity index (χ2v) is 18.4. The quantitative estimate of drug-likeness (QED) is 0.0233. The second-order valence-electron chi connectivity index (χ2n) is 16.9. The molecule has 0 aromatic rings. The van der Waals surface area contributed by atoms with E-state index in [0.717, 1.165) is 83.5 Å². The number of carboxylic acid groups (broad SMARTS) is 1. The summed E-state index contributed by atoms with van der Waals surface area (Å²) < 4.78 is 33.5. The Hall–Kier alpha value is -2.33. The molecule has 0 aliphatic heterocycles. The number of allylic oxidation sites excluding steroid dienone is 10. The molecule has 0 aromatic carbocycles. The SMILES string of the molecule is CC/C=C\C/C=C\C/C=C\C/C=C\C/C=C\CCCCCCCC(=O)OC(COCCCCCCCCCCCCCCCCCCCCCC)COP(=O)(O)OCC(N)C(=O)O.